The first kappa shape index (κ1) is 20.4. The van der Waals surface area contributed by atoms with E-state index in [0.29, 0.717) is 23.1 Å². The number of nitro groups is 1. The molecular formula is C17H16ClN3O5S. The summed E-state index contributed by atoms with van der Waals surface area (Å²) in [6.07, 6.45) is 0. The van der Waals surface area contributed by atoms with Crippen molar-refractivity contribution in [2.24, 2.45) is 0 Å². The first-order valence-electron chi connectivity index (χ1n) is 7.72. The minimum atomic E-state index is -0.576. The highest BCUT2D eigenvalue weighted by atomic mass is 35.5. The Morgan fingerprint density at radius 1 is 1.26 bits per heavy atom. The van der Waals surface area contributed by atoms with E-state index in [-0.39, 0.29) is 22.1 Å². The first-order chi connectivity index (χ1) is 12.8. The maximum Gasteiger partial charge on any atom is 0.312 e. The molecule has 0 aliphatic rings. The van der Waals surface area contributed by atoms with Gasteiger partial charge in [-0.3, -0.25) is 20.2 Å². The van der Waals surface area contributed by atoms with Gasteiger partial charge in [-0.1, -0.05) is 11.6 Å². The van der Waals surface area contributed by atoms with Crippen molar-refractivity contribution in [2.45, 2.75) is 6.92 Å². The SMILES string of the molecule is CCOc1ccc(C(=O)NC(=S)Nc2ccc(OC)c([N+](=O)[O-])c2)cc1Cl. The van der Waals surface area contributed by atoms with Crippen LogP contribution in [0.2, 0.25) is 5.02 Å². The van der Waals surface area contributed by atoms with Crippen LogP contribution in [0.25, 0.3) is 0 Å². The molecule has 0 aromatic heterocycles. The summed E-state index contributed by atoms with van der Waals surface area (Å²) in [6, 6.07) is 8.82. The number of rotatable bonds is 6. The number of ether oxygens (including phenoxy) is 2. The van der Waals surface area contributed by atoms with Gasteiger partial charge in [-0.05, 0) is 49.5 Å². The largest absolute Gasteiger partial charge is 0.492 e. The van der Waals surface area contributed by atoms with Crippen molar-refractivity contribution in [1.29, 1.82) is 0 Å². The zero-order valence-electron chi connectivity index (χ0n) is 14.4. The van der Waals surface area contributed by atoms with Crippen molar-refractivity contribution >= 4 is 46.2 Å². The van der Waals surface area contributed by atoms with Gasteiger partial charge in [-0.2, -0.15) is 0 Å². The van der Waals surface area contributed by atoms with Crippen LogP contribution in [0, 0.1) is 10.1 Å². The van der Waals surface area contributed by atoms with E-state index in [1.54, 1.807) is 12.1 Å². The Hall–Kier alpha value is -2.91. The molecule has 2 rings (SSSR count). The number of hydrogen-bond acceptors (Lipinski definition) is 6. The zero-order chi connectivity index (χ0) is 20.0. The van der Waals surface area contributed by atoms with Crippen molar-refractivity contribution in [2.75, 3.05) is 19.0 Å². The molecule has 2 N–H and O–H groups in total. The van der Waals surface area contributed by atoms with Gasteiger partial charge in [0.2, 0.25) is 0 Å². The lowest BCUT2D eigenvalue weighted by molar-refractivity contribution is -0.385. The quantitative estimate of drug-likeness (QED) is 0.425. The van der Waals surface area contributed by atoms with Crippen LogP contribution in [0.3, 0.4) is 0 Å². The van der Waals surface area contributed by atoms with Crippen LogP contribution in [0.5, 0.6) is 11.5 Å². The van der Waals surface area contributed by atoms with Gasteiger partial charge in [0.05, 0.1) is 23.7 Å². The summed E-state index contributed by atoms with van der Waals surface area (Å²) in [6.45, 7) is 2.28. The van der Waals surface area contributed by atoms with Crippen LogP contribution in [-0.2, 0) is 0 Å². The molecule has 0 atom stereocenters. The van der Waals surface area contributed by atoms with Crippen LogP contribution < -0.4 is 20.1 Å². The Bertz CT molecular complexity index is 891. The lowest BCUT2D eigenvalue weighted by Crippen LogP contribution is -2.34. The van der Waals surface area contributed by atoms with Crippen molar-refractivity contribution in [3.05, 3.63) is 57.1 Å². The minimum Gasteiger partial charge on any atom is -0.492 e. The van der Waals surface area contributed by atoms with Crippen LogP contribution in [0.15, 0.2) is 36.4 Å². The summed E-state index contributed by atoms with van der Waals surface area (Å²) >= 11 is 11.1. The molecule has 0 unspecified atom stereocenters. The number of amides is 1. The molecule has 0 saturated carbocycles. The third-order valence-electron chi connectivity index (χ3n) is 3.35. The average molecular weight is 410 g/mol. The summed E-state index contributed by atoms with van der Waals surface area (Å²) in [7, 11) is 1.34. The molecule has 2 aromatic carbocycles. The predicted octanol–water partition coefficient (Wildman–Crippen LogP) is 3.78. The monoisotopic (exact) mass is 409 g/mol. The molecule has 10 heteroatoms. The molecule has 0 radical (unpaired) electrons. The molecular weight excluding hydrogens is 394 g/mol. The lowest BCUT2D eigenvalue weighted by Gasteiger charge is -2.11. The Labute approximate surface area is 165 Å². The number of thiocarbonyl (C=S) groups is 1. The number of carbonyl (C=O) groups excluding carboxylic acids is 1. The number of nitrogens with one attached hydrogen (secondary N) is 2. The number of nitro benzene ring substituents is 1. The van der Waals surface area contributed by atoms with E-state index in [2.05, 4.69) is 10.6 Å². The molecule has 0 spiro atoms. The Morgan fingerprint density at radius 3 is 2.56 bits per heavy atom. The topological polar surface area (TPSA) is 103 Å². The van der Waals surface area contributed by atoms with E-state index in [1.165, 1.54) is 31.4 Å². The molecule has 0 bridgehead atoms. The Morgan fingerprint density at radius 2 is 1.96 bits per heavy atom. The van der Waals surface area contributed by atoms with Gasteiger partial charge in [0.1, 0.15) is 5.75 Å². The van der Waals surface area contributed by atoms with Crippen molar-refractivity contribution in [3.63, 3.8) is 0 Å². The van der Waals surface area contributed by atoms with E-state index in [4.69, 9.17) is 33.3 Å². The molecule has 0 fully saturated rings. The number of nitrogens with zero attached hydrogens (tertiary/aromatic N) is 1. The molecule has 1 amide bonds. The van der Waals surface area contributed by atoms with Crippen molar-refractivity contribution in [1.82, 2.24) is 5.32 Å². The summed E-state index contributed by atoms with van der Waals surface area (Å²) < 4.78 is 10.2. The van der Waals surface area contributed by atoms with Gasteiger partial charge >= 0.3 is 5.69 Å². The normalized spacial score (nSPS) is 10.0. The Kier molecular flexibility index (Phi) is 6.91. The summed E-state index contributed by atoms with van der Waals surface area (Å²) in [5.74, 6) is 0.104. The predicted molar refractivity (Wildman–Crippen MR) is 106 cm³/mol. The van der Waals surface area contributed by atoms with Crippen LogP contribution in [-0.4, -0.2) is 29.7 Å². The summed E-state index contributed by atoms with van der Waals surface area (Å²) in [4.78, 5) is 22.8. The highest BCUT2D eigenvalue weighted by Crippen LogP contribution is 2.29. The van der Waals surface area contributed by atoms with E-state index < -0.39 is 10.8 Å². The molecule has 0 saturated heterocycles. The van der Waals surface area contributed by atoms with Crippen LogP contribution in [0.4, 0.5) is 11.4 Å². The lowest BCUT2D eigenvalue weighted by atomic mass is 10.2. The molecule has 0 aliphatic carbocycles. The van der Waals surface area contributed by atoms with Gasteiger partial charge in [-0.25, -0.2) is 0 Å². The number of methoxy groups -OCH3 is 1. The molecule has 27 heavy (non-hydrogen) atoms. The zero-order valence-corrected chi connectivity index (χ0v) is 16.0. The van der Waals surface area contributed by atoms with Gasteiger partial charge in [0, 0.05) is 17.3 Å². The second-order valence-electron chi connectivity index (χ2n) is 5.13. The fourth-order valence-electron chi connectivity index (χ4n) is 2.16. The number of hydrogen-bond donors (Lipinski definition) is 2. The minimum absolute atomic E-state index is 0.0236. The highest BCUT2D eigenvalue weighted by Gasteiger charge is 2.16. The van der Waals surface area contributed by atoms with Crippen LogP contribution >= 0.6 is 23.8 Å². The number of benzene rings is 2. The smallest absolute Gasteiger partial charge is 0.312 e. The Balaban J connectivity index is 2.07. The standard InChI is InChI=1S/C17H16ClN3O5S/c1-3-26-14-6-4-10(8-12(14)18)16(22)20-17(27)19-11-5-7-15(25-2)13(9-11)21(23)24/h4-9H,3H2,1-2H3,(H2,19,20,22,27). The third-order valence-corrected chi connectivity index (χ3v) is 3.85. The van der Waals surface area contributed by atoms with E-state index in [0.717, 1.165) is 0 Å². The third kappa shape index (κ3) is 5.28. The first-order valence-corrected chi connectivity index (χ1v) is 8.51. The van der Waals surface area contributed by atoms with Gasteiger partial charge in [-0.15, -0.1) is 0 Å². The van der Waals surface area contributed by atoms with Gasteiger partial charge < -0.3 is 14.8 Å². The molecule has 142 valence electrons. The van der Waals surface area contributed by atoms with E-state index in [9.17, 15) is 14.9 Å². The summed E-state index contributed by atoms with van der Waals surface area (Å²) in [5.41, 5.74) is 0.390. The van der Waals surface area contributed by atoms with E-state index >= 15 is 0 Å². The molecule has 2 aromatic rings. The molecule has 8 nitrogen and oxygen atoms in total. The molecule has 0 aliphatic heterocycles. The maximum atomic E-state index is 12.3. The number of carbonyl (C=O) groups is 1. The number of anilines is 1. The molecule has 0 heterocycles. The fraction of sp³-hybridized carbons (Fsp3) is 0.176. The fourth-order valence-corrected chi connectivity index (χ4v) is 2.61. The van der Waals surface area contributed by atoms with Crippen molar-refractivity contribution < 1.29 is 19.2 Å². The average Bonchev–Trinajstić information content (AvgIpc) is 2.63. The van der Waals surface area contributed by atoms with Gasteiger partial charge in [0.15, 0.2) is 10.9 Å². The summed E-state index contributed by atoms with van der Waals surface area (Å²) in [5, 5.41) is 16.5. The second-order valence-corrected chi connectivity index (χ2v) is 5.95. The van der Waals surface area contributed by atoms with E-state index in [1.807, 2.05) is 6.92 Å². The second kappa shape index (κ2) is 9.15. The highest BCUT2D eigenvalue weighted by molar-refractivity contribution is 7.80. The van der Waals surface area contributed by atoms with Crippen LogP contribution in [0.1, 0.15) is 17.3 Å². The number of halogens is 1. The van der Waals surface area contributed by atoms with Crippen molar-refractivity contribution in [3.8, 4) is 11.5 Å². The maximum absolute atomic E-state index is 12.3. The van der Waals surface area contributed by atoms with Gasteiger partial charge in [0.25, 0.3) is 5.91 Å².